The summed E-state index contributed by atoms with van der Waals surface area (Å²) >= 11 is 0. The normalized spacial score (nSPS) is 19.3. The second-order valence-corrected chi connectivity index (χ2v) is 5.15. The maximum Gasteiger partial charge on any atom is 0.249 e. The van der Waals surface area contributed by atoms with Crippen LogP contribution in [0.1, 0.15) is 38.4 Å². The van der Waals surface area contributed by atoms with Crippen LogP contribution >= 0.6 is 0 Å². The highest BCUT2D eigenvalue weighted by molar-refractivity contribution is 5.80. The zero-order chi connectivity index (χ0) is 13.7. The van der Waals surface area contributed by atoms with Crippen molar-refractivity contribution in [3.63, 3.8) is 0 Å². The van der Waals surface area contributed by atoms with Gasteiger partial charge >= 0.3 is 0 Å². The molecule has 0 radical (unpaired) electrons. The number of nitrogens with one attached hydrogen (secondary N) is 1. The molecule has 1 fully saturated rings. The lowest BCUT2D eigenvalue weighted by Gasteiger charge is -2.30. The van der Waals surface area contributed by atoms with E-state index in [0.29, 0.717) is 13.1 Å². The molecule has 0 aliphatic heterocycles. The number of carbonyl (C=O) groups excluding carboxylic acids is 1. The Balaban J connectivity index is 1.81. The van der Waals surface area contributed by atoms with Gasteiger partial charge in [-0.05, 0) is 31.9 Å². The van der Waals surface area contributed by atoms with Gasteiger partial charge in [0, 0.05) is 6.54 Å². The number of amides is 1. The predicted octanol–water partition coefficient (Wildman–Crippen LogP) is 1.57. The molecular weight excluding hydrogens is 244 g/mol. The van der Waals surface area contributed by atoms with Gasteiger partial charge in [-0.15, -0.1) is 0 Å². The van der Waals surface area contributed by atoms with Gasteiger partial charge in [0.25, 0.3) is 0 Å². The number of hydrogen-bond acceptors (Lipinski definition) is 4. The Hall–Kier alpha value is -1.33. The van der Waals surface area contributed by atoms with E-state index < -0.39 is 6.10 Å². The summed E-state index contributed by atoms with van der Waals surface area (Å²) in [4.78, 5) is 12.0. The third-order valence-corrected chi connectivity index (χ3v) is 3.70. The Morgan fingerprint density at radius 1 is 1.58 bits per heavy atom. The summed E-state index contributed by atoms with van der Waals surface area (Å²) in [5, 5.41) is 2.80. The minimum absolute atomic E-state index is 0.129. The fourth-order valence-electron chi connectivity index (χ4n) is 2.55. The van der Waals surface area contributed by atoms with E-state index in [1.165, 1.54) is 0 Å². The summed E-state index contributed by atoms with van der Waals surface area (Å²) < 4.78 is 11.1. The summed E-state index contributed by atoms with van der Waals surface area (Å²) in [5.41, 5.74) is 5.49. The van der Waals surface area contributed by atoms with E-state index in [1.807, 2.05) is 6.07 Å². The first kappa shape index (κ1) is 14.1. The summed E-state index contributed by atoms with van der Waals surface area (Å²) in [6.07, 6.45) is 5.23. The molecule has 1 saturated carbocycles. The molecule has 0 spiro atoms. The van der Waals surface area contributed by atoms with E-state index in [9.17, 15) is 4.79 Å². The lowest BCUT2D eigenvalue weighted by Crippen LogP contribution is -2.45. The maximum absolute atomic E-state index is 12.0. The van der Waals surface area contributed by atoms with E-state index in [0.717, 1.165) is 31.4 Å². The molecule has 19 heavy (non-hydrogen) atoms. The molecule has 1 aromatic rings. The minimum Gasteiger partial charge on any atom is -0.467 e. The average Bonchev–Trinajstić information content (AvgIpc) is 3.07. The summed E-state index contributed by atoms with van der Waals surface area (Å²) in [5.74, 6) is 0.603. The highest BCUT2D eigenvalue weighted by Gasteiger charge is 2.36. The Morgan fingerprint density at radius 3 is 2.89 bits per heavy atom. The van der Waals surface area contributed by atoms with Crippen LogP contribution in [0.25, 0.3) is 0 Å². The number of hydrogen-bond donors (Lipinski definition) is 2. The van der Waals surface area contributed by atoms with Crippen LogP contribution < -0.4 is 11.1 Å². The molecule has 1 atom stereocenters. The Bertz CT molecular complexity index is 397. The smallest absolute Gasteiger partial charge is 0.249 e. The summed E-state index contributed by atoms with van der Waals surface area (Å²) in [7, 11) is 0. The third-order valence-electron chi connectivity index (χ3n) is 3.70. The molecule has 1 aliphatic carbocycles. The monoisotopic (exact) mass is 266 g/mol. The van der Waals surface area contributed by atoms with Gasteiger partial charge in [-0.2, -0.15) is 0 Å². The molecule has 0 bridgehead atoms. The van der Waals surface area contributed by atoms with Gasteiger partial charge in [0.2, 0.25) is 5.91 Å². The van der Waals surface area contributed by atoms with E-state index in [1.54, 1.807) is 19.3 Å². The summed E-state index contributed by atoms with van der Waals surface area (Å²) in [6, 6.07) is 3.62. The van der Waals surface area contributed by atoms with Gasteiger partial charge in [0.05, 0.1) is 18.4 Å². The van der Waals surface area contributed by atoms with Gasteiger partial charge in [0.15, 0.2) is 0 Å². The van der Waals surface area contributed by atoms with Crippen LogP contribution in [0.2, 0.25) is 0 Å². The van der Waals surface area contributed by atoms with E-state index in [2.05, 4.69) is 5.32 Å². The van der Waals surface area contributed by atoms with Gasteiger partial charge in [-0.3, -0.25) is 4.79 Å². The molecule has 106 valence electrons. The van der Waals surface area contributed by atoms with Crippen LogP contribution in [0.15, 0.2) is 22.8 Å². The van der Waals surface area contributed by atoms with Crippen molar-refractivity contribution in [3.05, 3.63) is 24.2 Å². The molecule has 1 aromatic heterocycles. The molecule has 3 N–H and O–H groups in total. The number of rotatable bonds is 6. The minimum atomic E-state index is -0.489. The number of furan rings is 1. The summed E-state index contributed by atoms with van der Waals surface area (Å²) in [6.45, 7) is 2.63. The number of carbonyl (C=O) groups is 1. The van der Waals surface area contributed by atoms with Crippen molar-refractivity contribution in [1.82, 2.24) is 5.32 Å². The van der Waals surface area contributed by atoms with Crippen molar-refractivity contribution in [2.75, 3.05) is 6.54 Å². The van der Waals surface area contributed by atoms with Crippen molar-refractivity contribution in [1.29, 1.82) is 0 Å². The van der Waals surface area contributed by atoms with Gasteiger partial charge in [-0.1, -0.05) is 12.8 Å². The molecule has 5 nitrogen and oxygen atoms in total. The van der Waals surface area contributed by atoms with Crippen molar-refractivity contribution in [2.45, 2.75) is 50.9 Å². The number of nitrogens with two attached hydrogens (primary N) is 1. The second-order valence-electron chi connectivity index (χ2n) is 5.15. The van der Waals surface area contributed by atoms with Crippen molar-refractivity contribution in [3.8, 4) is 0 Å². The van der Waals surface area contributed by atoms with Crippen LogP contribution in [-0.2, 0) is 16.1 Å². The van der Waals surface area contributed by atoms with Crippen LogP contribution in [0, 0.1) is 0 Å². The zero-order valence-corrected chi connectivity index (χ0v) is 11.4. The Kier molecular flexibility index (Phi) is 4.61. The van der Waals surface area contributed by atoms with Gasteiger partial charge in [0.1, 0.15) is 11.9 Å². The van der Waals surface area contributed by atoms with Gasteiger partial charge < -0.3 is 20.2 Å². The van der Waals surface area contributed by atoms with Crippen LogP contribution in [-0.4, -0.2) is 24.2 Å². The molecule has 1 unspecified atom stereocenters. The quantitative estimate of drug-likeness (QED) is 0.819. The molecule has 2 rings (SSSR count). The Labute approximate surface area is 113 Å². The van der Waals surface area contributed by atoms with Crippen LogP contribution in [0.5, 0.6) is 0 Å². The standard InChI is InChI=1S/C14H22N2O3/c1-11(19-14(10-15)6-2-3-7-14)13(17)16-9-12-5-4-8-18-12/h4-5,8,11H,2-3,6-7,9-10,15H2,1H3,(H,16,17). The van der Waals surface area contributed by atoms with Crippen molar-refractivity contribution in [2.24, 2.45) is 5.73 Å². The fraction of sp³-hybridized carbons (Fsp3) is 0.643. The largest absolute Gasteiger partial charge is 0.467 e. The van der Waals surface area contributed by atoms with E-state index in [-0.39, 0.29) is 11.5 Å². The molecule has 5 heteroatoms. The highest BCUT2D eigenvalue weighted by Crippen LogP contribution is 2.33. The molecule has 1 amide bonds. The zero-order valence-electron chi connectivity index (χ0n) is 11.4. The third kappa shape index (κ3) is 3.58. The first-order valence-corrected chi connectivity index (χ1v) is 6.83. The lowest BCUT2D eigenvalue weighted by molar-refractivity contribution is -0.144. The number of ether oxygens (including phenoxy) is 1. The molecule has 0 saturated heterocycles. The lowest BCUT2D eigenvalue weighted by atomic mass is 10.0. The first-order chi connectivity index (χ1) is 9.15. The first-order valence-electron chi connectivity index (χ1n) is 6.83. The molecule has 0 aromatic carbocycles. The highest BCUT2D eigenvalue weighted by atomic mass is 16.5. The van der Waals surface area contributed by atoms with E-state index >= 15 is 0 Å². The SMILES string of the molecule is CC(OC1(CN)CCCC1)C(=O)NCc1ccco1. The second kappa shape index (κ2) is 6.21. The molecular formula is C14H22N2O3. The fourth-order valence-corrected chi connectivity index (χ4v) is 2.55. The molecule has 1 heterocycles. The molecule has 1 aliphatic rings. The van der Waals surface area contributed by atoms with Crippen LogP contribution in [0.3, 0.4) is 0 Å². The average molecular weight is 266 g/mol. The van der Waals surface area contributed by atoms with Crippen LogP contribution in [0.4, 0.5) is 0 Å². The van der Waals surface area contributed by atoms with E-state index in [4.69, 9.17) is 14.9 Å². The van der Waals surface area contributed by atoms with Crippen molar-refractivity contribution < 1.29 is 13.9 Å². The van der Waals surface area contributed by atoms with Crippen molar-refractivity contribution >= 4 is 5.91 Å². The maximum atomic E-state index is 12.0. The Morgan fingerprint density at radius 2 is 2.32 bits per heavy atom. The predicted molar refractivity (Wildman–Crippen MR) is 71.4 cm³/mol. The van der Waals surface area contributed by atoms with Gasteiger partial charge in [-0.25, -0.2) is 0 Å². The topological polar surface area (TPSA) is 77.5 Å².